The van der Waals surface area contributed by atoms with Crippen molar-refractivity contribution in [2.75, 3.05) is 32.8 Å². The van der Waals surface area contributed by atoms with E-state index < -0.39 is 0 Å². The van der Waals surface area contributed by atoms with Gasteiger partial charge in [-0.3, -0.25) is 4.90 Å². The number of hydrogen-bond acceptors (Lipinski definition) is 3. The van der Waals surface area contributed by atoms with Gasteiger partial charge in [-0.05, 0) is 24.6 Å². The molecule has 0 radical (unpaired) electrons. The molecule has 0 bridgehead atoms. The molecule has 0 saturated carbocycles. The van der Waals surface area contributed by atoms with Gasteiger partial charge in [0.25, 0.3) is 0 Å². The average molecular weight is 250 g/mol. The first-order valence-electron chi connectivity index (χ1n) is 6.84. The molecule has 1 aromatic carbocycles. The molecule has 1 unspecified atom stereocenters. The summed E-state index contributed by atoms with van der Waals surface area (Å²) in [4.78, 5) is 2.32. The van der Waals surface area contributed by atoms with Crippen LogP contribution in [0.15, 0.2) is 30.3 Å². The summed E-state index contributed by atoms with van der Waals surface area (Å²) in [5, 5.41) is 12.5. The number of aliphatic hydroxyl groups is 1. The minimum Gasteiger partial charge on any atom is -0.395 e. The van der Waals surface area contributed by atoms with Gasteiger partial charge >= 0.3 is 0 Å². The molecule has 1 atom stereocenters. The van der Waals surface area contributed by atoms with Crippen LogP contribution in [0, 0.1) is 5.92 Å². The molecule has 2 N–H and O–H groups in total. The minimum atomic E-state index is 0.223. The van der Waals surface area contributed by atoms with Crippen molar-refractivity contribution < 1.29 is 5.11 Å². The third-order valence-electron chi connectivity index (χ3n) is 2.98. The largest absolute Gasteiger partial charge is 0.395 e. The number of benzene rings is 1. The summed E-state index contributed by atoms with van der Waals surface area (Å²) in [7, 11) is 0. The van der Waals surface area contributed by atoms with E-state index in [4.69, 9.17) is 5.11 Å². The van der Waals surface area contributed by atoms with Gasteiger partial charge in [-0.25, -0.2) is 0 Å². The maximum absolute atomic E-state index is 9.15. The number of nitrogens with zero attached hydrogens (tertiary/aromatic N) is 1. The quantitative estimate of drug-likeness (QED) is 0.700. The zero-order valence-electron chi connectivity index (χ0n) is 11.6. The summed E-state index contributed by atoms with van der Waals surface area (Å²) in [6.45, 7) is 9.32. The molecule has 0 aliphatic carbocycles. The molecule has 0 fully saturated rings. The van der Waals surface area contributed by atoms with E-state index in [9.17, 15) is 0 Å². The summed E-state index contributed by atoms with van der Waals surface area (Å²) in [5.41, 5.74) is 1.31. The smallest absolute Gasteiger partial charge is 0.0558 e. The molecule has 1 rings (SSSR count). The van der Waals surface area contributed by atoms with Crippen LogP contribution in [0.4, 0.5) is 0 Å². The Morgan fingerprint density at radius 2 is 2.00 bits per heavy atom. The molecule has 0 aliphatic heterocycles. The van der Waals surface area contributed by atoms with Gasteiger partial charge in [-0.15, -0.1) is 0 Å². The van der Waals surface area contributed by atoms with Crippen LogP contribution in [0.25, 0.3) is 0 Å². The van der Waals surface area contributed by atoms with Crippen LogP contribution in [0.3, 0.4) is 0 Å². The molecule has 0 amide bonds. The van der Waals surface area contributed by atoms with E-state index >= 15 is 0 Å². The highest BCUT2D eigenvalue weighted by Crippen LogP contribution is 2.07. The molecule has 0 spiro atoms. The van der Waals surface area contributed by atoms with Gasteiger partial charge in [-0.1, -0.05) is 44.2 Å². The van der Waals surface area contributed by atoms with Crippen molar-refractivity contribution in [1.29, 1.82) is 0 Å². The van der Waals surface area contributed by atoms with Gasteiger partial charge in [0, 0.05) is 19.6 Å². The lowest BCUT2D eigenvalue weighted by atomic mass is 10.1. The van der Waals surface area contributed by atoms with Crippen molar-refractivity contribution in [3.05, 3.63) is 35.9 Å². The van der Waals surface area contributed by atoms with Crippen LogP contribution in [0.5, 0.6) is 0 Å². The lowest BCUT2D eigenvalue weighted by Gasteiger charge is -2.25. The van der Waals surface area contributed by atoms with Gasteiger partial charge in [0.1, 0.15) is 0 Å². The van der Waals surface area contributed by atoms with E-state index in [0.29, 0.717) is 5.92 Å². The first-order chi connectivity index (χ1) is 8.76. The van der Waals surface area contributed by atoms with Gasteiger partial charge in [0.2, 0.25) is 0 Å². The predicted octanol–water partition coefficient (Wildman–Crippen LogP) is 1.73. The Kier molecular flexibility index (Phi) is 7.65. The molecule has 18 heavy (non-hydrogen) atoms. The van der Waals surface area contributed by atoms with Crippen molar-refractivity contribution in [2.24, 2.45) is 5.92 Å². The highest BCUT2D eigenvalue weighted by atomic mass is 16.3. The molecule has 102 valence electrons. The maximum atomic E-state index is 9.15. The molecule has 1 aromatic rings. The molecular formula is C15H26N2O. The Morgan fingerprint density at radius 3 is 2.61 bits per heavy atom. The Bertz CT molecular complexity index is 303. The zero-order chi connectivity index (χ0) is 13.2. The second kappa shape index (κ2) is 9.09. The topological polar surface area (TPSA) is 35.5 Å². The fraction of sp³-hybridized carbons (Fsp3) is 0.600. The van der Waals surface area contributed by atoms with Crippen LogP contribution in [0.2, 0.25) is 0 Å². The molecular weight excluding hydrogens is 224 g/mol. The van der Waals surface area contributed by atoms with E-state index in [2.05, 4.69) is 48.3 Å². The van der Waals surface area contributed by atoms with Gasteiger partial charge < -0.3 is 10.4 Å². The third kappa shape index (κ3) is 6.15. The first kappa shape index (κ1) is 15.2. The molecule has 0 aliphatic rings. The Balaban J connectivity index is 2.44. The van der Waals surface area contributed by atoms with Crippen LogP contribution in [-0.2, 0) is 6.54 Å². The Hall–Kier alpha value is -0.900. The lowest BCUT2D eigenvalue weighted by molar-refractivity contribution is 0.171. The summed E-state index contributed by atoms with van der Waals surface area (Å²) in [6, 6.07) is 10.4. The molecule has 0 aromatic heterocycles. The standard InChI is InChI=1S/C15H26N2O/c1-3-16-11-14(2)12-17(9-10-18)13-15-7-5-4-6-8-15/h4-8,14,16,18H,3,9-13H2,1-2H3. The second-order valence-corrected chi connectivity index (χ2v) is 4.86. The van der Waals surface area contributed by atoms with Crippen molar-refractivity contribution in [3.63, 3.8) is 0 Å². The van der Waals surface area contributed by atoms with Crippen molar-refractivity contribution in [1.82, 2.24) is 10.2 Å². The summed E-state index contributed by atoms with van der Waals surface area (Å²) in [6.07, 6.45) is 0. The first-order valence-corrected chi connectivity index (χ1v) is 6.84. The van der Waals surface area contributed by atoms with E-state index in [1.807, 2.05) is 6.07 Å². The summed E-state index contributed by atoms with van der Waals surface area (Å²) >= 11 is 0. The highest BCUT2D eigenvalue weighted by Gasteiger charge is 2.10. The fourth-order valence-corrected chi connectivity index (χ4v) is 2.11. The van der Waals surface area contributed by atoms with E-state index in [1.54, 1.807) is 0 Å². The Labute approximate surface area is 111 Å². The predicted molar refractivity (Wildman–Crippen MR) is 76.5 cm³/mol. The van der Waals surface area contributed by atoms with E-state index in [-0.39, 0.29) is 6.61 Å². The number of hydrogen-bond donors (Lipinski definition) is 2. The zero-order valence-corrected chi connectivity index (χ0v) is 11.6. The van der Waals surface area contributed by atoms with Crippen LogP contribution in [-0.4, -0.2) is 42.8 Å². The third-order valence-corrected chi connectivity index (χ3v) is 2.98. The summed E-state index contributed by atoms with van der Waals surface area (Å²) < 4.78 is 0. The van der Waals surface area contributed by atoms with E-state index in [1.165, 1.54) is 5.56 Å². The average Bonchev–Trinajstić information content (AvgIpc) is 2.38. The number of nitrogens with one attached hydrogen (secondary N) is 1. The van der Waals surface area contributed by atoms with Crippen LogP contribution >= 0.6 is 0 Å². The fourth-order valence-electron chi connectivity index (χ4n) is 2.11. The van der Waals surface area contributed by atoms with Crippen molar-refractivity contribution in [3.8, 4) is 0 Å². The maximum Gasteiger partial charge on any atom is 0.0558 e. The lowest BCUT2D eigenvalue weighted by Crippen LogP contribution is -2.34. The number of aliphatic hydroxyl groups excluding tert-OH is 1. The molecule has 0 heterocycles. The van der Waals surface area contributed by atoms with Crippen molar-refractivity contribution >= 4 is 0 Å². The SMILES string of the molecule is CCNCC(C)CN(CCO)Cc1ccccc1. The monoisotopic (exact) mass is 250 g/mol. The van der Waals surface area contributed by atoms with Crippen LogP contribution in [0.1, 0.15) is 19.4 Å². The van der Waals surface area contributed by atoms with Crippen LogP contribution < -0.4 is 5.32 Å². The Morgan fingerprint density at radius 1 is 1.28 bits per heavy atom. The second-order valence-electron chi connectivity index (χ2n) is 4.86. The van der Waals surface area contributed by atoms with Gasteiger partial charge in [0.15, 0.2) is 0 Å². The van der Waals surface area contributed by atoms with E-state index in [0.717, 1.165) is 32.7 Å². The van der Waals surface area contributed by atoms with Gasteiger partial charge in [-0.2, -0.15) is 0 Å². The summed E-state index contributed by atoms with van der Waals surface area (Å²) in [5.74, 6) is 0.597. The molecule has 3 nitrogen and oxygen atoms in total. The van der Waals surface area contributed by atoms with Crippen molar-refractivity contribution in [2.45, 2.75) is 20.4 Å². The highest BCUT2D eigenvalue weighted by molar-refractivity contribution is 5.14. The molecule has 3 heteroatoms. The minimum absolute atomic E-state index is 0.223. The molecule has 0 saturated heterocycles. The number of rotatable bonds is 9. The normalized spacial score (nSPS) is 12.9. The van der Waals surface area contributed by atoms with Gasteiger partial charge in [0.05, 0.1) is 6.61 Å².